The Kier molecular flexibility index (Phi) is 5.18. The normalized spacial score (nSPS) is 29.2. The van der Waals surface area contributed by atoms with E-state index in [0.29, 0.717) is 5.41 Å². The van der Waals surface area contributed by atoms with Crippen molar-refractivity contribution in [2.24, 2.45) is 23.5 Å². The molecule has 0 amide bonds. The van der Waals surface area contributed by atoms with E-state index in [1.807, 2.05) is 0 Å². The SMILES string of the molecule is NCCCCc1c(-c2cccc(I)c2)[nH]c2ccc(C34CC5CC(CC(C5)C3)C4)cc12. The van der Waals surface area contributed by atoms with E-state index in [-0.39, 0.29) is 0 Å². The van der Waals surface area contributed by atoms with Crippen LogP contribution in [0, 0.1) is 21.3 Å². The molecule has 4 bridgehead atoms. The number of unbranched alkanes of at least 4 members (excludes halogenated alkanes) is 1. The van der Waals surface area contributed by atoms with Crippen molar-refractivity contribution in [1.82, 2.24) is 4.98 Å². The van der Waals surface area contributed by atoms with Crippen LogP contribution in [-0.4, -0.2) is 11.5 Å². The number of aromatic amines is 1. The van der Waals surface area contributed by atoms with Gasteiger partial charge < -0.3 is 10.7 Å². The molecular weight excluding hydrogens is 491 g/mol. The van der Waals surface area contributed by atoms with Crippen LogP contribution >= 0.6 is 22.6 Å². The highest BCUT2D eigenvalue weighted by molar-refractivity contribution is 14.1. The summed E-state index contributed by atoms with van der Waals surface area (Å²) in [5.41, 5.74) is 13.3. The number of aryl methyl sites for hydroxylation is 1. The molecule has 162 valence electrons. The van der Waals surface area contributed by atoms with Crippen LogP contribution in [-0.2, 0) is 11.8 Å². The zero-order chi connectivity index (χ0) is 21.0. The van der Waals surface area contributed by atoms with Crippen molar-refractivity contribution in [2.45, 2.75) is 63.2 Å². The van der Waals surface area contributed by atoms with E-state index in [4.69, 9.17) is 5.73 Å². The Hall–Kier alpha value is -1.33. The lowest BCUT2D eigenvalue weighted by atomic mass is 9.48. The van der Waals surface area contributed by atoms with E-state index in [0.717, 1.165) is 43.6 Å². The second kappa shape index (κ2) is 7.91. The fourth-order valence-electron chi connectivity index (χ4n) is 7.64. The monoisotopic (exact) mass is 524 g/mol. The maximum atomic E-state index is 5.83. The van der Waals surface area contributed by atoms with Gasteiger partial charge in [0.25, 0.3) is 0 Å². The van der Waals surface area contributed by atoms with Gasteiger partial charge in [0, 0.05) is 20.2 Å². The largest absolute Gasteiger partial charge is 0.354 e. The van der Waals surface area contributed by atoms with Gasteiger partial charge in [0.1, 0.15) is 0 Å². The van der Waals surface area contributed by atoms with Crippen molar-refractivity contribution < 1.29 is 0 Å². The Morgan fingerprint density at radius 3 is 2.35 bits per heavy atom. The zero-order valence-electron chi connectivity index (χ0n) is 18.3. The molecule has 1 heterocycles. The molecule has 0 unspecified atom stereocenters. The molecule has 4 fully saturated rings. The molecule has 3 aromatic rings. The molecule has 0 spiro atoms. The molecule has 3 N–H and O–H groups in total. The molecule has 7 rings (SSSR count). The molecule has 0 radical (unpaired) electrons. The standard InChI is InChI=1S/C28H33IN2/c29-23-5-3-4-21(13-23)27-24(6-1-2-9-30)25-14-22(7-8-26(25)31-27)28-15-18-10-19(16-28)12-20(11-18)17-28/h3-5,7-8,13-14,18-20,31H,1-2,6,9-12,15-17,30H2. The first-order valence-corrected chi connectivity index (χ1v) is 13.3. The zero-order valence-corrected chi connectivity index (χ0v) is 20.5. The minimum atomic E-state index is 0.455. The van der Waals surface area contributed by atoms with E-state index in [1.54, 1.807) is 5.56 Å². The van der Waals surface area contributed by atoms with Crippen molar-refractivity contribution in [3.63, 3.8) is 0 Å². The van der Waals surface area contributed by atoms with Crippen LogP contribution in [0.2, 0.25) is 0 Å². The highest BCUT2D eigenvalue weighted by atomic mass is 127. The van der Waals surface area contributed by atoms with Crippen LogP contribution in [0.1, 0.15) is 62.5 Å². The number of nitrogens with two attached hydrogens (primary N) is 1. The van der Waals surface area contributed by atoms with Gasteiger partial charge in [0.15, 0.2) is 0 Å². The lowest BCUT2D eigenvalue weighted by Gasteiger charge is -2.57. The van der Waals surface area contributed by atoms with Crippen LogP contribution in [0.15, 0.2) is 42.5 Å². The maximum Gasteiger partial charge on any atom is 0.0497 e. The van der Waals surface area contributed by atoms with Crippen LogP contribution in [0.5, 0.6) is 0 Å². The third kappa shape index (κ3) is 3.56. The van der Waals surface area contributed by atoms with Crippen molar-refractivity contribution in [3.05, 3.63) is 57.2 Å². The van der Waals surface area contributed by atoms with Gasteiger partial charge >= 0.3 is 0 Å². The Labute approximate surface area is 199 Å². The van der Waals surface area contributed by atoms with Gasteiger partial charge in [0.05, 0.1) is 0 Å². The number of hydrogen-bond acceptors (Lipinski definition) is 1. The predicted octanol–water partition coefficient (Wildman–Crippen LogP) is 7.19. The molecule has 2 aromatic carbocycles. The Morgan fingerprint density at radius 2 is 1.68 bits per heavy atom. The molecule has 31 heavy (non-hydrogen) atoms. The summed E-state index contributed by atoms with van der Waals surface area (Å²) in [5, 5.41) is 1.46. The number of H-pyrrole nitrogens is 1. The van der Waals surface area contributed by atoms with E-state index in [2.05, 4.69) is 70.0 Å². The number of aromatic nitrogens is 1. The molecule has 2 nitrogen and oxygen atoms in total. The van der Waals surface area contributed by atoms with Gasteiger partial charge in [-0.25, -0.2) is 0 Å². The average Bonchev–Trinajstić information content (AvgIpc) is 3.11. The summed E-state index contributed by atoms with van der Waals surface area (Å²) < 4.78 is 1.29. The molecule has 0 saturated heterocycles. The van der Waals surface area contributed by atoms with E-state index >= 15 is 0 Å². The van der Waals surface area contributed by atoms with Crippen molar-refractivity contribution in [1.29, 1.82) is 0 Å². The summed E-state index contributed by atoms with van der Waals surface area (Å²) in [4.78, 5) is 3.80. The quantitative estimate of drug-likeness (QED) is 0.260. The van der Waals surface area contributed by atoms with E-state index < -0.39 is 0 Å². The van der Waals surface area contributed by atoms with Crippen LogP contribution in [0.3, 0.4) is 0 Å². The van der Waals surface area contributed by atoms with Gasteiger partial charge in [-0.1, -0.05) is 18.2 Å². The van der Waals surface area contributed by atoms with Crippen molar-refractivity contribution in [2.75, 3.05) is 6.54 Å². The first-order chi connectivity index (χ1) is 15.1. The van der Waals surface area contributed by atoms with Gasteiger partial charge in [-0.2, -0.15) is 0 Å². The van der Waals surface area contributed by atoms with Crippen molar-refractivity contribution >= 4 is 33.5 Å². The Bertz CT molecular complexity index is 1080. The van der Waals surface area contributed by atoms with Gasteiger partial charge in [-0.3, -0.25) is 0 Å². The summed E-state index contributed by atoms with van der Waals surface area (Å²) in [5.74, 6) is 2.96. The number of nitrogens with one attached hydrogen (secondary N) is 1. The molecule has 0 atom stereocenters. The van der Waals surface area contributed by atoms with Crippen LogP contribution in [0.4, 0.5) is 0 Å². The lowest BCUT2D eigenvalue weighted by Crippen LogP contribution is -2.48. The maximum absolute atomic E-state index is 5.83. The van der Waals surface area contributed by atoms with Gasteiger partial charge in [0.2, 0.25) is 0 Å². The minimum absolute atomic E-state index is 0.455. The first kappa shape index (κ1) is 20.3. The summed E-state index contributed by atoms with van der Waals surface area (Å²) in [7, 11) is 0. The fraction of sp³-hybridized carbons (Fsp3) is 0.500. The third-order valence-corrected chi connectivity index (χ3v) is 9.22. The third-order valence-electron chi connectivity index (χ3n) is 8.55. The smallest absolute Gasteiger partial charge is 0.0497 e. The number of halogens is 1. The molecule has 0 aliphatic heterocycles. The number of hydrogen-bond donors (Lipinski definition) is 2. The molecular formula is C28H33IN2. The molecule has 4 aliphatic rings. The first-order valence-electron chi connectivity index (χ1n) is 12.2. The molecule has 4 saturated carbocycles. The van der Waals surface area contributed by atoms with Crippen molar-refractivity contribution in [3.8, 4) is 11.3 Å². The highest BCUT2D eigenvalue weighted by Gasteiger charge is 2.51. The number of fused-ring (bicyclic) bond motifs is 1. The number of rotatable bonds is 6. The highest BCUT2D eigenvalue weighted by Crippen LogP contribution is 2.61. The van der Waals surface area contributed by atoms with E-state index in [1.165, 1.54) is 69.8 Å². The lowest BCUT2D eigenvalue weighted by molar-refractivity contribution is -0.00513. The number of benzene rings is 2. The van der Waals surface area contributed by atoms with Crippen LogP contribution < -0.4 is 5.73 Å². The summed E-state index contributed by atoms with van der Waals surface area (Å²) in [6.07, 6.45) is 12.2. The summed E-state index contributed by atoms with van der Waals surface area (Å²) in [6.45, 7) is 0.777. The predicted molar refractivity (Wildman–Crippen MR) is 138 cm³/mol. The fourth-order valence-corrected chi connectivity index (χ4v) is 8.18. The van der Waals surface area contributed by atoms with Gasteiger partial charge in [-0.05, 0) is 151 Å². The van der Waals surface area contributed by atoms with Gasteiger partial charge in [-0.15, -0.1) is 0 Å². The minimum Gasteiger partial charge on any atom is -0.354 e. The average molecular weight is 524 g/mol. The molecule has 1 aromatic heterocycles. The Balaban J connectivity index is 1.45. The molecule has 4 aliphatic carbocycles. The second-order valence-corrected chi connectivity index (χ2v) is 11.9. The summed E-state index contributed by atoms with van der Waals surface area (Å²) >= 11 is 2.42. The van der Waals surface area contributed by atoms with E-state index in [9.17, 15) is 0 Å². The van der Waals surface area contributed by atoms with Crippen LogP contribution in [0.25, 0.3) is 22.2 Å². The Morgan fingerprint density at radius 1 is 0.935 bits per heavy atom. The topological polar surface area (TPSA) is 41.8 Å². The molecule has 3 heteroatoms. The second-order valence-electron chi connectivity index (χ2n) is 10.7. The summed E-state index contributed by atoms with van der Waals surface area (Å²) in [6, 6.07) is 16.3.